The first-order valence-corrected chi connectivity index (χ1v) is 9.21. The van der Waals surface area contributed by atoms with E-state index in [1.54, 1.807) is 18.7 Å². The highest BCUT2D eigenvalue weighted by Crippen LogP contribution is 2.36. The Kier molecular flexibility index (Phi) is 3.76. The van der Waals surface area contributed by atoms with Gasteiger partial charge in [-0.1, -0.05) is 23.8 Å². The molecule has 0 aliphatic carbocycles. The van der Waals surface area contributed by atoms with Crippen LogP contribution in [0.1, 0.15) is 34.1 Å². The first-order valence-electron chi connectivity index (χ1n) is 9.21. The molecule has 1 aliphatic heterocycles. The topological polar surface area (TPSA) is 65.3 Å². The van der Waals surface area contributed by atoms with Crippen LogP contribution in [0.3, 0.4) is 0 Å². The van der Waals surface area contributed by atoms with Crippen LogP contribution >= 0.6 is 0 Å². The molecular weight excluding hydrogens is 338 g/mol. The van der Waals surface area contributed by atoms with Crippen molar-refractivity contribution in [3.63, 3.8) is 0 Å². The number of nitrogens with one attached hydrogen (secondary N) is 1. The summed E-state index contributed by atoms with van der Waals surface area (Å²) in [5.74, 6) is 0.345. The average Bonchev–Trinajstić information content (AvgIpc) is 3.32. The minimum absolute atomic E-state index is 0.0409. The molecule has 5 heteroatoms. The highest BCUT2D eigenvalue weighted by atomic mass is 16.3. The van der Waals surface area contributed by atoms with Gasteiger partial charge < -0.3 is 14.5 Å². The Hall–Kier alpha value is -3.05. The van der Waals surface area contributed by atoms with E-state index in [-0.39, 0.29) is 6.04 Å². The molecule has 2 N–H and O–H groups in total. The molecule has 0 saturated carbocycles. The summed E-state index contributed by atoms with van der Waals surface area (Å²) in [4.78, 5) is 10.3. The summed E-state index contributed by atoms with van der Waals surface area (Å²) in [5, 5.41) is 11.4. The number of rotatable bonds is 3. The number of hydrogen-bond donors (Lipinski definition) is 2. The summed E-state index contributed by atoms with van der Waals surface area (Å²) in [7, 11) is 0. The Morgan fingerprint density at radius 2 is 2.15 bits per heavy atom. The Morgan fingerprint density at radius 3 is 3.07 bits per heavy atom. The molecule has 0 spiro atoms. The van der Waals surface area contributed by atoms with Crippen LogP contribution in [0.25, 0.3) is 11.0 Å². The lowest BCUT2D eigenvalue weighted by atomic mass is 9.94. The Labute approximate surface area is 157 Å². The zero-order valence-electron chi connectivity index (χ0n) is 15.1. The number of hydrogen-bond acceptors (Lipinski definition) is 4. The van der Waals surface area contributed by atoms with Crippen LogP contribution in [0, 0.1) is 6.92 Å². The van der Waals surface area contributed by atoms with Crippen LogP contribution in [0.2, 0.25) is 0 Å². The molecule has 5 nitrogen and oxygen atoms in total. The standard InChI is InChI=1S/C22H21N3O2/c1-14-2-4-19(26)17(10-14)12-25-8-6-18-21(24-13-23-18)22(25)16-3-5-20-15(11-16)7-9-27-20/h2-5,7,9-11,13,22,26H,6,8,12H2,1H3,(H,23,24). The van der Waals surface area contributed by atoms with Crippen molar-refractivity contribution >= 4 is 11.0 Å². The van der Waals surface area contributed by atoms with Crippen LogP contribution in [-0.2, 0) is 13.0 Å². The second-order valence-electron chi connectivity index (χ2n) is 7.24. The van der Waals surface area contributed by atoms with Crippen LogP contribution < -0.4 is 0 Å². The summed E-state index contributed by atoms with van der Waals surface area (Å²) in [6.07, 6.45) is 4.42. The van der Waals surface area contributed by atoms with E-state index < -0.39 is 0 Å². The maximum atomic E-state index is 10.3. The van der Waals surface area contributed by atoms with E-state index >= 15 is 0 Å². The lowest BCUT2D eigenvalue weighted by Crippen LogP contribution is -2.35. The zero-order valence-corrected chi connectivity index (χ0v) is 15.1. The lowest BCUT2D eigenvalue weighted by Gasteiger charge is -2.35. The second-order valence-corrected chi connectivity index (χ2v) is 7.24. The van der Waals surface area contributed by atoms with E-state index in [2.05, 4.69) is 40.0 Å². The number of aromatic amines is 1. The number of furan rings is 1. The number of H-pyrrole nitrogens is 1. The maximum absolute atomic E-state index is 10.3. The van der Waals surface area contributed by atoms with Crippen molar-refractivity contribution in [3.8, 4) is 5.75 Å². The zero-order chi connectivity index (χ0) is 18.4. The summed E-state index contributed by atoms with van der Waals surface area (Å²) in [6, 6.07) is 14.1. The summed E-state index contributed by atoms with van der Waals surface area (Å²) >= 11 is 0. The van der Waals surface area contributed by atoms with Crippen LogP contribution in [0.4, 0.5) is 0 Å². The fourth-order valence-corrected chi connectivity index (χ4v) is 4.08. The van der Waals surface area contributed by atoms with Crippen molar-refractivity contribution in [1.82, 2.24) is 14.9 Å². The second kappa shape index (κ2) is 6.28. The minimum Gasteiger partial charge on any atom is -0.508 e. The maximum Gasteiger partial charge on any atom is 0.133 e. The molecule has 0 fully saturated rings. The van der Waals surface area contributed by atoms with Gasteiger partial charge in [-0.3, -0.25) is 4.90 Å². The molecule has 2 aromatic heterocycles. The van der Waals surface area contributed by atoms with Gasteiger partial charge in [0.25, 0.3) is 0 Å². The quantitative estimate of drug-likeness (QED) is 0.572. The molecule has 0 saturated heterocycles. The third-order valence-electron chi connectivity index (χ3n) is 5.43. The van der Waals surface area contributed by atoms with Gasteiger partial charge in [0.15, 0.2) is 0 Å². The smallest absolute Gasteiger partial charge is 0.133 e. The van der Waals surface area contributed by atoms with Crippen molar-refractivity contribution in [2.75, 3.05) is 6.54 Å². The van der Waals surface area contributed by atoms with Crippen molar-refractivity contribution < 1.29 is 9.52 Å². The van der Waals surface area contributed by atoms with Gasteiger partial charge in [-0.05, 0) is 36.8 Å². The Balaban J connectivity index is 1.58. The number of aryl methyl sites for hydroxylation is 1. The van der Waals surface area contributed by atoms with Gasteiger partial charge in [0.1, 0.15) is 11.3 Å². The van der Waals surface area contributed by atoms with Gasteiger partial charge >= 0.3 is 0 Å². The normalized spacial score (nSPS) is 17.3. The molecule has 1 unspecified atom stereocenters. The van der Waals surface area contributed by atoms with Gasteiger partial charge in [0, 0.05) is 36.2 Å². The van der Waals surface area contributed by atoms with Crippen molar-refractivity contribution in [2.45, 2.75) is 25.9 Å². The van der Waals surface area contributed by atoms with E-state index in [9.17, 15) is 5.11 Å². The van der Waals surface area contributed by atoms with Gasteiger partial charge in [0.2, 0.25) is 0 Å². The Morgan fingerprint density at radius 1 is 1.22 bits per heavy atom. The number of aromatic nitrogens is 2. The molecule has 0 bridgehead atoms. The molecule has 2 aromatic carbocycles. The molecule has 1 atom stereocenters. The van der Waals surface area contributed by atoms with E-state index in [0.717, 1.165) is 40.8 Å². The number of benzene rings is 2. The number of fused-ring (bicyclic) bond motifs is 2. The van der Waals surface area contributed by atoms with Gasteiger partial charge in [-0.15, -0.1) is 0 Å². The number of imidazole rings is 1. The first kappa shape index (κ1) is 16.1. The molecule has 3 heterocycles. The monoisotopic (exact) mass is 359 g/mol. The summed E-state index contributed by atoms with van der Waals surface area (Å²) < 4.78 is 5.50. The summed E-state index contributed by atoms with van der Waals surface area (Å²) in [6.45, 7) is 3.62. The van der Waals surface area contributed by atoms with Crippen LogP contribution in [0.15, 0.2) is 59.5 Å². The fraction of sp³-hybridized carbons (Fsp3) is 0.227. The number of aromatic hydroxyl groups is 1. The lowest BCUT2D eigenvalue weighted by molar-refractivity contribution is 0.198. The van der Waals surface area contributed by atoms with E-state index in [1.807, 2.05) is 18.2 Å². The van der Waals surface area contributed by atoms with E-state index in [4.69, 9.17) is 4.42 Å². The molecule has 4 aromatic rings. The number of phenols is 1. The van der Waals surface area contributed by atoms with Gasteiger partial charge in [-0.25, -0.2) is 4.98 Å². The molecule has 0 radical (unpaired) electrons. The molecule has 27 heavy (non-hydrogen) atoms. The van der Waals surface area contributed by atoms with Crippen molar-refractivity contribution in [3.05, 3.63) is 83.1 Å². The minimum atomic E-state index is 0.0409. The largest absolute Gasteiger partial charge is 0.508 e. The molecular formula is C22H21N3O2. The molecule has 1 aliphatic rings. The van der Waals surface area contributed by atoms with E-state index in [0.29, 0.717) is 12.3 Å². The molecule has 5 rings (SSSR count). The third-order valence-corrected chi connectivity index (χ3v) is 5.43. The number of nitrogens with zero attached hydrogens (tertiary/aromatic N) is 2. The highest BCUT2D eigenvalue weighted by Gasteiger charge is 2.31. The number of phenolic OH excluding ortho intramolecular Hbond substituents is 1. The summed E-state index contributed by atoms with van der Waals surface area (Å²) in [5.41, 5.74) is 6.43. The third kappa shape index (κ3) is 2.80. The molecule has 0 amide bonds. The van der Waals surface area contributed by atoms with Crippen LogP contribution in [-0.4, -0.2) is 26.5 Å². The fourth-order valence-electron chi connectivity index (χ4n) is 4.08. The first-order chi connectivity index (χ1) is 13.2. The van der Waals surface area contributed by atoms with Gasteiger partial charge in [0.05, 0.1) is 24.3 Å². The Bertz CT molecular complexity index is 1110. The van der Waals surface area contributed by atoms with Gasteiger partial charge in [-0.2, -0.15) is 0 Å². The molecule has 136 valence electrons. The SMILES string of the molecule is Cc1ccc(O)c(CN2CCc3[nH]cnc3C2c2ccc3occc3c2)c1. The van der Waals surface area contributed by atoms with Crippen molar-refractivity contribution in [1.29, 1.82) is 0 Å². The van der Waals surface area contributed by atoms with E-state index in [1.165, 1.54) is 11.3 Å². The highest BCUT2D eigenvalue weighted by molar-refractivity contribution is 5.78. The van der Waals surface area contributed by atoms with Crippen LogP contribution in [0.5, 0.6) is 5.75 Å². The predicted octanol–water partition coefficient (Wildman–Crippen LogP) is 4.32. The van der Waals surface area contributed by atoms with Crippen molar-refractivity contribution in [2.24, 2.45) is 0 Å². The predicted molar refractivity (Wildman–Crippen MR) is 104 cm³/mol. The average molecular weight is 359 g/mol.